The number of carbonyl (C=O) groups excluding carboxylic acids is 2. The van der Waals surface area contributed by atoms with E-state index < -0.39 is 11.7 Å². The maximum atomic E-state index is 11.7. The minimum atomic E-state index is -0.499. The molecule has 2 amide bonds. The average Bonchev–Trinajstić information content (AvgIpc) is 2.48. The van der Waals surface area contributed by atoms with Crippen LogP contribution < -0.4 is 10.6 Å². The van der Waals surface area contributed by atoms with E-state index >= 15 is 0 Å². The van der Waals surface area contributed by atoms with Gasteiger partial charge >= 0.3 is 6.09 Å². The van der Waals surface area contributed by atoms with E-state index in [1.807, 2.05) is 20.8 Å². The quantitative estimate of drug-likeness (QED) is 0.489. The number of amides is 2. The van der Waals surface area contributed by atoms with Crippen molar-refractivity contribution in [2.24, 2.45) is 0 Å². The van der Waals surface area contributed by atoms with Gasteiger partial charge in [0.25, 0.3) is 0 Å². The third-order valence-electron chi connectivity index (χ3n) is 3.52. The molecule has 0 bridgehead atoms. The molecule has 0 atom stereocenters. The van der Waals surface area contributed by atoms with Gasteiger partial charge in [0.05, 0.1) is 0 Å². The summed E-state index contributed by atoms with van der Waals surface area (Å²) in [5.74, 6) is 0.0523. The number of rotatable bonds is 13. The molecule has 2 N–H and O–H groups in total. The summed E-state index contributed by atoms with van der Waals surface area (Å²) >= 11 is 0. The summed E-state index contributed by atoms with van der Waals surface area (Å²) in [4.78, 5) is 23.1. The summed E-state index contributed by atoms with van der Waals surface area (Å²) in [5, 5.41) is 5.43. The summed E-state index contributed by atoms with van der Waals surface area (Å²) in [5.41, 5.74) is -0.499. The number of hydrogen-bond acceptors (Lipinski definition) is 3. The van der Waals surface area contributed by atoms with Gasteiger partial charge in [-0.15, -0.1) is 0 Å². The van der Waals surface area contributed by atoms with Crippen molar-refractivity contribution in [3.63, 3.8) is 0 Å². The molecule has 0 aromatic rings. The molecule has 0 aromatic heterocycles. The second-order valence-electron chi connectivity index (χ2n) is 7.21. The van der Waals surface area contributed by atoms with Gasteiger partial charge in [-0.3, -0.25) is 4.79 Å². The summed E-state index contributed by atoms with van der Waals surface area (Å²) < 4.78 is 5.11. The molecule has 5 nitrogen and oxygen atoms in total. The summed E-state index contributed by atoms with van der Waals surface area (Å²) in [6.45, 7) is 10.1. The second-order valence-corrected chi connectivity index (χ2v) is 7.21. The maximum Gasteiger partial charge on any atom is 0.407 e. The molecule has 141 valence electrons. The predicted octanol–water partition coefficient (Wildman–Crippen LogP) is 4.36. The van der Waals surface area contributed by atoms with Crippen molar-refractivity contribution in [2.45, 2.75) is 90.6 Å². The molecule has 0 rings (SSSR count). The van der Waals surface area contributed by atoms with Crippen molar-refractivity contribution in [3.05, 3.63) is 6.92 Å². The number of nitrogens with one attached hydrogen (secondary N) is 2. The first kappa shape index (κ1) is 22.7. The van der Waals surface area contributed by atoms with Gasteiger partial charge in [-0.1, -0.05) is 58.3 Å². The first-order valence-electron chi connectivity index (χ1n) is 9.38. The fourth-order valence-corrected chi connectivity index (χ4v) is 2.29. The largest absolute Gasteiger partial charge is 0.444 e. The third-order valence-corrected chi connectivity index (χ3v) is 3.52. The summed E-state index contributed by atoms with van der Waals surface area (Å²) in [7, 11) is 0. The minimum absolute atomic E-state index is 0.0523. The standard InChI is InChI=1S/C19H37N2O3/c1-5-6-7-8-9-10-11-12-13-14-17(22)20-15-16-21-18(23)24-19(2,3)4/h1,5-16H2,2-4H3,(H,20,22)(H,21,23). The zero-order valence-electron chi connectivity index (χ0n) is 15.9. The second kappa shape index (κ2) is 14.1. The zero-order chi connectivity index (χ0) is 18.3. The van der Waals surface area contributed by atoms with Crippen LogP contribution in [-0.2, 0) is 9.53 Å². The van der Waals surface area contributed by atoms with E-state index in [0.29, 0.717) is 19.5 Å². The van der Waals surface area contributed by atoms with Gasteiger partial charge in [0.1, 0.15) is 5.60 Å². The lowest BCUT2D eigenvalue weighted by atomic mass is 10.1. The van der Waals surface area contributed by atoms with Gasteiger partial charge in [-0.05, 0) is 27.2 Å². The molecule has 1 radical (unpaired) electrons. The van der Waals surface area contributed by atoms with Crippen molar-refractivity contribution < 1.29 is 14.3 Å². The number of hydrogen-bond donors (Lipinski definition) is 2. The highest BCUT2D eigenvalue weighted by molar-refractivity contribution is 5.75. The van der Waals surface area contributed by atoms with Gasteiger partial charge in [-0.2, -0.15) is 0 Å². The normalized spacial score (nSPS) is 11.2. The Morgan fingerprint density at radius 2 is 1.33 bits per heavy atom. The first-order valence-corrected chi connectivity index (χ1v) is 9.38. The van der Waals surface area contributed by atoms with Crippen LogP contribution >= 0.6 is 0 Å². The molecule has 0 aromatic carbocycles. The lowest BCUT2D eigenvalue weighted by molar-refractivity contribution is -0.121. The van der Waals surface area contributed by atoms with Crippen molar-refractivity contribution in [2.75, 3.05) is 13.1 Å². The molecule has 0 spiro atoms. The van der Waals surface area contributed by atoms with Crippen LogP contribution in [0, 0.1) is 6.92 Å². The fraction of sp³-hybridized carbons (Fsp3) is 0.842. The van der Waals surface area contributed by atoms with E-state index in [9.17, 15) is 9.59 Å². The highest BCUT2D eigenvalue weighted by atomic mass is 16.6. The number of alkyl carbamates (subject to hydrolysis) is 1. The lowest BCUT2D eigenvalue weighted by Gasteiger charge is -2.19. The first-order chi connectivity index (χ1) is 11.3. The Morgan fingerprint density at radius 3 is 1.88 bits per heavy atom. The number of carbonyl (C=O) groups is 2. The Labute approximate surface area is 148 Å². The SMILES string of the molecule is [CH2]CCCCCCCCCCC(=O)NCCNC(=O)OC(C)(C)C. The summed E-state index contributed by atoms with van der Waals surface area (Å²) in [6, 6.07) is 0. The highest BCUT2D eigenvalue weighted by Crippen LogP contribution is 2.10. The Kier molecular flexibility index (Phi) is 13.4. The predicted molar refractivity (Wildman–Crippen MR) is 98.8 cm³/mol. The molecule has 0 aliphatic carbocycles. The lowest BCUT2D eigenvalue weighted by Crippen LogP contribution is -2.37. The smallest absolute Gasteiger partial charge is 0.407 e. The van der Waals surface area contributed by atoms with E-state index in [-0.39, 0.29) is 5.91 Å². The molecule has 0 fully saturated rings. The van der Waals surface area contributed by atoms with E-state index in [2.05, 4.69) is 17.6 Å². The van der Waals surface area contributed by atoms with Gasteiger partial charge in [0, 0.05) is 19.5 Å². The molecule has 5 heteroatoms. The van der Waals surface area contributed by atoms with Crippen LogP contribution in [-0.4, -0.2) is 30.7 Å². The number of unbranched alkanes of at least 4 members (excludes halogenated alkanes) is 8. The molecule has 0 saturated heterocycles. The van der Waals surface area contributed by atoms with E-state index in [0.717, 1.165) is 19.3 Å². The molecular weight excluding hydrogens is 304 g/mol. The van der Waals surface area contributed by atoms with Crippen molar-refractivity contribution in [1.82, 2.24) is 10.6 Å². The molecule has 0 saturated carbocycles. The maximum absolute atomic E-state index is 11.7. The topological polar surface area (TPSA) is 67.4 Å². The van der Waals surface area contributed by atoms with Crippen LogP contribution in [0.4, 0.5) is 4.79 Å². The Morgan fingerprint density at radius 1 is 0.833 bits per heavy atom. The van der Waals surface area contributed by atoms with Gasteiger partial charge < -0.3 is 15.4 Å². The Hall–Kier alpha value is -1.26. The molecule has 0 heterocycles. The minimum Gasteiger partial charge on any atom is -0.444 e. The van der Waals surface area contributed by atoms with Gasteiger partial charge in [-0.25, -0.2) is 4.79 Å². The van der Waals surface area contributed by atoms with Crippen LogP contribution in [0.15, 0.2) is 0 Å². The molecule has 0 aliphatic heterocycles. The van der Waals surface area contributed by atoms with Crippen LogP contribution in [0.2, 0.25) is 0 Å². The van der Waals surface area contributed by atoms with Crippen LogP contribution in [0.1, 0.15) is 85.0 Å². The number of ether oxygens (including phenoxy) is 1. The highest BCUT2D eigenvalue weighted by Gasteiger charge is 2.15. The molecular formula is C19H37N2O3. The zero-order valence-corrected chi connectivity index (χ0v) is 15.9. The average molecular weight is 342 g/mol. The van der Waals surface area contributed by atoms with Crippen molar-refractivity contribution in [1.29, 1.82) is 0 Å². The van der Waals surface area contributed by atoms with Gasteiger partial charge in [0.2, 0.25) is 5.91 Å². The molecule has 24 heavy (non-hydrogen) atoms. The van der Waals surface area contributed by atoms with E-state index in [4.69, 9.17) is 4.74 Å². The monoisotopic (exact) mass is 341 g/mol. The van der Waals surface area contributed by atoms with Crippen LogP contribution in [0.3, 0.4) is 0 Å². The van der Waals surface area contributed by atoms with E-state index in [1.165, 1.54) is 38.5 Å². The third kappa shape index (κ3) is 17.1. The van der Waals surface area contributed by atoms with Gasteiger partial charge in [0.15, 0.2) is 0 Å². The Bertz CT molecular complexity index is 338. The van der Waals surface area contributed by atoms with Crippen molar-refractivity contribution in [3.8, 4) is 0 Å². The van der Waals surface area contributed by atoms with Crippen molar-refractivity contribution >= 4 is 12.0 Å². The van der Waals surface area contributed by atoms with Crippen LogP contribution in [0.5, 0.6) is 0 Å². The van der Waals surface area contributed by atoms with E-state index in [1.54, 1.807) is 0 Å². The summed E-state index contributed by atoms with van der Waals surface area (Å²) in [6.07, 6.45) is 10.8. The molecule has 0 unspecified atom stereocenters. The fourth-order valence-electron chi connectivity index (χ4n) is 2.29. The van der Waals surface area contributed by atoms with Crippen LogP contribution in [0.25, 0.3) is 0 Å². The Balaban J connectivity index is 3.37. The molecule has 0 aliphatic rings.